The van der Waals surface area contributed by atoms with Crippen molar-refractivity contribution in [3.05, 3.63) is 66.0 Å². The quantitative estimate of drug-likeness (QED) is 0.912. The number of carbonyl (C=O) groups is 2. The number of carbonyl (C=O) groups excluding carboxylic acids is 1. The molecule has 2 atom stereocenters. The first kappa shape index (κ1) is 15.6. The molecular formula is C17H16N2O3S. The topological polar surface area (TPSA) is 70.5 Å². The van der Waals surface area contributed by atoms with Gasteiger partial charge in [0.25, 0.3) is 0 Å². The summed E-state index contributed by atoms with van der Waals surface area (Å²) in [6.45, 7) is 0. The molecule has 1 saturated heterocycles. The molecule has 1 N–H and O–H groups in total. The molecule has 1 aromatic heterocycles. The van der Waals surface area contributed by atoms with Gasteiger partial charge in [-0.3, -0.25) is 9.78 Å². The number of carboxylic acids is 1. The molecule has 1 aromatic carbocycles. The minimum absolute atomic E-state index is 0.158. The lowest BCUT2D eigenvalue weighted by Crippen LogP contribution is -2.45. The van der Waals surface area contributed by atoms with Crippen LogP contribution in [0.25, 0.3) is 0 Å². The maximum atomic E-state index is 12.3. The van der Waals surface area contributed by atoms with E-state index in [1.165, 1.54) is 16.7 Å². The van der Waals surface area contributed by atoms with Gasteiger partial charge in [0.15, 0.2) is 0 Å². The van der Waals surface area contributed by atoms with Crippen molar-refractivity contribution in [1.82, 2.24) is 9.88 Å². The Morgan fingerprint density at radius 1 is 1.26 bits per heavy atom. The van der Waals surface area contributed by atoms with Crippen molar-refractivity contribution in [2.24, 2.45) is 0 Å². The van der Waals surface area contributed by atoms with Crippen LogP contribution in [-0.4, -0.2) is 38.7 Å². The molecule has 6 heteroatoms. The van der Waals surface area contributed by atoms with E-state index in [1.807, 2.05) is 42.5 Å². The van der Waals surface area contributed by atoms with Crippen LogP contribution in [0.15, 0.2) is 54.7 Å². The molecule has 0 radical (unpaired) electrons. The summed E-state index contributed by atoms with van der Waals surface area (Å²) in [6, 6.07) is 13.9. The smallest absolute Gasteiger partial charge is 0.326 e. The number of aromatic nitrogens is 1. The fraction of sp³-hybridized carbons (Fsp3) is 0.235. The van der Waals surface area contributed by atoms with Crippen LogP contribution in [0.5, 0.6) is 0 Å². The van der Waals surface area contributed by atoms with E-state index in [1.54, 1.807) is 12.3 Å². The van der Waals surface area contributed by atoms with Crippen molar-refractivity contribution in [1.29, 1.82) is 0 Å². The van der Waals surface area contributed by atoms with Crippen LogP contribution in [0, 0.1) is 0 Å². The molecule has 5 nitrogen and oxygen atoms in total. The van der Waals surface area contributed by atoms with Crippen LogP contribution >= 0.6 is 11.8 Å². The number of amides is 1. The highest BCUT2D eigenvalue weighted by atomic mass is 32.2. The third-order valence-electron chi connectivity index (χ3n) is 3.74. The summed E-state index contributed by atoms with van der Waals surface area (Å²) in [5, 5.41) is 9.30. The zero-order chi connectivity index (χ0) is 16.2. The minimum Gasteiger partial charge on any atom is -0.480 e. The minimum atomic E-state index is -0.995. The van der Waals surface area contributed by atoms with E-state index < -0.39 is 12.0 Å². The van der Waals surface area contributed by atoms with Crippen LogP contribution in [-0.2, 0) is 16.0 Å². The maximum absolute atomic E-state index is 12.3. The zero-order valence-electron chi connectivity index (χ0n) is 12.3. The zero-order valence-corrected chi connectivity index (χ0v) is 13.1. The van der Waals surface area contributed by atoms with Crippen molar-refractivity contribution in [3.8, 4) is 0 Å². The number of hydrogen-bond donors (Lipinski definition) is 1. The van der Waals surface area contributed by atoms with Crippen molar-refractivity contribution < 1.29 is 14.7 Å². The van der Waals surface area contributed by atoms with Crippen molar-refractivity contribution >= 4 is 23.6 Å². The van der Waals surface area contributed by atoms with E-state index in [0.717, 1.165) is 5.56 Å². The van der Waals surface area contributed by atoms with Gasteiger partial charge in [-0.1, -0.05) is 36.4 Å². The Morgan fingerprint density at radius 2 is 2.00 bits per heavy atom. The summed E-state index contributed by atoms with van der Waals surface area (Å²) in [6.07, 6.45) is 1.94. The summed E-state index contributed by atoms with van der Waals surface area (Å²) in [4.78, 5) is 29.8. The molecule has 1 amide bonds. The second kappa shape index (κ2) is 6.83. The van der Waals surface area contributed by atoms with Gasteiger partial charge >= 0.3 is 5.97 Å². The van der Waals surface area contributed by atoms with Gasteiger partial charge < -0.3 is 10.0 Å². The summed E-state index contributed by atoms with van der Waals surface area (Å²) >= 11 is 1.42. The molecule has 0 saturated carbocycles. The second-order valence-electron chi connectivity index (χ2n) is 5.26. The average molecular weight is 328 g/mol. The Hall–Kier alpha value is -2.34. The second-order valence-corrected chi connectivity index (χ2v) is 6.33. The first-order valence-electron chi connectivity index (χ1n) is 7.27. The summed E-state index contributed by atoms with van der Waals surface area (Å²) in [5.41, 5.74) is 1.60. The maximum Gasteiger partial charge on any atom is 0.326 e. The highest BCUT2D eigenvalue weighted by Gasteiger charge is 2.41. The fourth-order valence-electron chi connectivity index (χ4n) is 2.67. The van der Waals surface area contributed by atoms with Gasteiger partial charge in [-0.2, -0.15) is 0 Å². The number of benzene rings is 1. The number of pyridine rings is 1. The largest absolute Gasteiger partial charge is 0.480 e. The summed E-state index contributed by atoms with van der Waals surface area (Å²) in [5.74, 6) is -0.876. The average Bonchev–Trinajstić information content (AvgIpc) is 2.95. The third-order valence-corrected chi connectivity index (χ3v) is 4.94. The molecule has 0 bridgehead atoms. The lowest BCUT2D eigenvalue weighted by Gasteiger charge is -2.29. The Balaban J connectivity index is 1.90. The van der Waals surface area contributed by atoms with E-state index >= 15 is 0 Å². The standard InChI is InChI=1S/C17H16N2O3S/c20-15-11-23-16(13-8-4-5-9-18-13)19(15)14(17(21)22)10-12-6-2-1-3-7-12/h1-9,14,16H,10-11H2,(H,21,22)/t14-,16?/m0/s1. The van der Waals surface area contributed by atoms with Crippen LogP contribution in [0.1, 0.15) is 16.6 Å². The molecule has 2 aromatic rings. The summed E-state index contributed by atoms with van der Waals surface area (Å²) < 4.78 is 0. The van der Waals surface area contributed by atoms with Gasteiger partial charge in [0.2, 0.25) is 5.91 Å². The Labute approximate surface area is 138 Å². The molecule has 1 unspecified atom stereocenters. The van der Waals surface area contributed by atoms with E-state index in [-0.39, 0.29) is 23.5 Å². The molecule has 1 fully saturated rings. The van der Waals surface area contributed by atoms with Gasteiger partial charge in [0.05, 0.1) is 11.4 Å². The third kappa shape index (κ3) is 3.37. The highest BCUT2D eigenvalue weighted by Crippen LogP contribution is 2.39. The van der Waals surface area contributed by atoms with Gasteiger partial charge in [-0.05, 0) is 17.7 Å². The molecular weight excluding hydrogens is 312 g/mol. The SMILES string of the molecule is O=C(O)[C@H](Cc1ccccc1)N1C(=O)CSC1c1ccccn1. The monoisotopic (exact) mass is 328 g/mol. The molecule has 0 spiro atoms. The van der Waals surface area contributed by atoms with E-state index in [4.69, 9.17) is 0 Å². The number of rotatable bonds is 5. The van der Waals surface area contributed by atoms with Crippen LogP contribution in [0.4, 0.5) is 0 Å². The van der Waals surface area contributed by atoms with Crippen molar-refractivity contribution in [2.75, 3.05) is 5.75 Å². The van der Waals surface area contributed by atoms with Gasteiger partial charge in [-0.15, -0.1) is 11.8 Å². The van der Waals surface area contributed by atoms with E-state index in [2.05, 4.69) is 4.98 Å². The number of thioether (sulfide) groups is 1. The normalized spacial score (nSPS) is 18.9. The van der Waals surface area contributed by atoms with Crippen LogP contribution < -0.4 is 0 Å². The van der Waals surface area contributed by atoms with Crippen molar-refractivity contribution in [3.63, 3.8) is 0 Å². The fourth-order valence-corrected chi connectivity index (χ4v) is 3.85. The molecule has 1 aliphatic rings. The van der Waals surface area contributed by atoms with Crippen LogP contribution in [0.2, 0.25) is 0 Å². The van der Waals surface area contributed by atoms with Gasteiger partial charge in [0.1, 0.15) is 11.4 Å². The van der Waals surface area contributed by atoms with Crippen molar-refractivity contribution in [2.45, 2.75) is 17.8 Å². The van der Waals surface area contributed by atoms with Crippen LogP contribution in [0.3, 0.4) is 0 Å². The van der Waals surface area contributed by atoms with Gasteiger partial charge in [-0.25, -0.2) is 4.79 Å². The molecule has 118 valence electrons. The number of aliphatic carboxylic acids is 1. The Morgan fingerprint density at radius 3 is 2.65 bits per heavy atom. The number of hydrogen-bond acceptors (Lipinski definition) is 4. The predicted octanol–water partition coefficient (Wildman–Crippen LogP) is 2.35. The van der Waals surface area contributed by atoms with E-state index in [9.17, 15) is 14.7 Å². The van der Waals surface area contributed by atoms with Gasteiger partial charge in [0, 0.05) is 12.6 Å². The first-order valence-corrected chi connectivity index (χ1v) is 8.32. The Bertz CT molecular complexity index is 693. The molecule has 3 rings (SSSR count). The van der Waals surface area contributed by atoms with E-state index in [0.29, 0.717) is 5.69 Å². The number of nitrogens with zero attached hydrogens (tertiary/aromatic N) is 2. The summed E-state index contributed by atoms with van der Waals surface area (Å²) in [7, 11) is 0. The number of carboxylic acid groups (broad SMARTS) is 1. The molecule has 23 heavy (non-hydrogen) atoms. The first-order chi connectivity index (χ1) is 11.2. The predicted molar refractivity (Wildman–Crippen MR) is 87.9 cm³/mol. The lowest BCUT2D eigenvalue weighted by molar-refractivity contribution is -0.149. The Kier molecular flexibility index (Phi) is 4.62. The molecule has 2 heterocycles. The molecule has 1 aliphatic heterocycles. The highest BCUT2D eigenvalue weighted by molar-refractivity contribution is 8.00. The molecule has 0 aliphatic carbocycles. The lowest BCUT2D eigenvalue weighted by atomic mass is 10.0.